The molecule has 0 bridgehead atoms. The average molecular weight is 227 g/mol. The van der Waals surface area contributed by atoms with Gasteiger partial charge in [0.05, 0.1) is 11.7 Å². The molecule has 2 atom stereocenters. The quantitative estimate of drug-likeness (QED) is 0.780. The Balaban J connectivity index is 1.76. The monoisotopic (exact) mass is 227 g/mol. The third-order valence-corrected chi connectivity index (χ3v) is 3.89. The molecule has 1 N–H and O–H groups in total. The Morgan fingerprint density at radius 1 is 1.25 bits per heavy atom. The van der Waals surface area contributed by atoms with E-state index in [0.717, 1.165) is 45.5 Å². The number of hydrogen-bond acceptors (Lipinski definition) is 3. The van der Waals surface area contributed by atoms with Gasteiger partial charge < -0.3 is 14.7 Å². The van der Waals surface area contributed by atoms with E-state index in [-0.39, 0.29) is 0 Å². The molecule has 94 valence electrons. The van der Waals surface area contributed by atoms with Gasteiger partial charge in [0, 0.05) is 19.7 Å². The van der Waals surface area contributed by atoms with E-state index in [1.807, 2.05) is 6.92 Å². The molecule has 0 aromatic heterocycles. The van der Waals surface area contributed by atoms with E-state index in [2.05, 4.69) is 4.90 Å². The molecule has 2 heterocycles. The standard InChI is InChI=1S/C13H25NO2/c1-13(15)6-4-8-14(9-7-13)11-12-5-2-3-10-16-12/h12,15H,2-11H2,1H3. The van der Waals surface area contributed by atoms with Crippen LogP contribution in [0.15, 0.2) is 0 Å². The summed E-state index contributed by atoms with van der Waals surface area (Å²) in [6.45, 7) is 6.11. The maximum atomic E-state index is 10.0. The molecule has 0 aromatic carbocycles. The second kappa shape index (κ2) is 5.48. The summed E-state index contributed by atoms with van der Waals surface area (Å²) in [5.41, 5.74) is -0.442. The van der Waals surface area contributed by atoms with E-state index in [4.69, 9.17) is 4.74 Å². The topological polar surface area (TPSA) is 32.7 Å². The molecule has 0 spiro atoms. The third-order valence-electron chi connectivity index (χ3n) is 3.89. The molecule has 2 aliphatic heterocycles. The Bertz CT molecular complexity index is 212. The van der Waals surface area contributed by atoms with Crippen molar-refractivity contribution in [2.75, 3.05) is 26.2 Å². The zero-order valence-electron chi connectivity index (χ0n) is 10.5. The highest BCUT2D eigenvalue weighted by atomic mass is 16.5. The van der Waals surface area contributed by atoms with Crippen molar-refractivity contribution in [2.45, 2.75) is 57.2 Å². The first-order chi connectivity index (χ1) is 7.66. The number of rotatable bonds is 2. The van der Waals surface area contributed by atoms with E-state index >= 15 is 0 Å². The van der Waals surface area contributed by atoms with Crippen LogP contribution in [0, 0.1) is 0 Å². The molecule has 2 fully saturated rings. The molecule has 0 aliphatic carbocycles. The molecule has 0 amide bonds. The van der Waals surface area contributed by atoms with Crippen molar-refractivity contribution >= 4 is 0 Å². The summed E-state index contributed by atoms with van der Waals surface area (Å²) in [6.07, 6.45) is 7.15. The van der Waals surface area contributed by atoms with E-state index in [9.17, 15) is 5.11 Å². The fourth-order valence-corrected chi connectivity index (χ4v) is 2.74. The van der Waals surface area contributed by atoms with Crippen molar-refractivity contribution in [3.05, 3.63) is 0 Å². The molecule has 0 aromatic rings. The first-order valence-corrected chi connectivity index (χ1v) is 6.72. The summed E-state index contributed by atoms with van der Waals surface area (Å²) in [4.78, 5) is 2.47. The second-order valence-corrected chi connectivity index (χ2v) is 5.64. The van der Waals surface area contributed by atoms with E-state index in [1.165, 1.54) is 19.3 Å². The minimum atomic E-state index is -0.442. The number of ether oxygens (including phenoxy) is 1. The lowest BCUT2D eigenvalue weighted by molar-refractivity contribution is -0.00743. The van der Waals surface area contributed by atoms with Gasteiger partial charge in [0.25, 0.3) is 0 Å². The van der Waals surface area contributed by atoms with Crippen LogP contribution in [0.1, 0.15) is 45.4 Å². The molecule has 3 nitrogen and oxygen atoms in total. The Labute approximate surface area is 98.8 Å². The normalized spacial score (nSPS) is 38.2. The summed E-state index contributed by atoms with van der Waals surface area (Å²) in [5.74, 6) is 0. The van der Waals surface area contributed by atoms with Crippen LogP contribution < -0.4 is 0 Å². The van der Waals surface area contributed by atoms with Crippen LogP contribution in [0.3, 0.4) is 0 Å². The third kappa shape index (κ3) is 3.72. The summed E-state index contributed by atoms with van der Waals surface area (Å²) in [7, 11) is 0. The number of hydrogen-bond donors (Lipinski definition) is 1. The van der Waals surface area contributed by atoms with Crippen LogP contribution >= 0.6 is 0 Å². The lowest BCUT2D eigenvalue weighted by Gasteiger charge is -2.29. The summed E-state index contributed by atoms with van der Waals surface area (Å²) >= 11 is 0. The van der Waals surface area contributed by atoms with Gasteiger partial charge in [0.1, 0.15) is 0 Å². The predicted molar refractivity (Wildman–Crippen MR) is 64.5 cm³/mol. The van der Waals surface area contributed by atoms with Crippen LogP contribution in [0.4, 0.5) is 0 Å². The average Bonchev–Trinajstić information content (AvgIpc) is 2.42. The highest BCUT2D eigenvalue weighted by Crippen LogP contribution is 2.22. The zero-order chi connectivity index (χ0) is 11.4. The fraction of sp³-hybridized carbons (Fsp3) is 1.00. The first kappa shape index (κ1) is 12.3. The Morgan fingerprint density at radius 2 is 2.12 bits per heavy atom. The van der Waals surface area contributed by atoms with E-state index in [0.29, 0.717) is 6.10 Å². The van der Waals surface area contributed by atoms with E-state index in [1.54, 1.807) is 0 Å². The number of likely N-dealkylation sites (tertiary alicyclic amines) is 1. The minimum Gasteiger partial charge on any atom is -0.390 e. The first-order valence-electron chi connectivity index (χ1n) is 6.72. The van der Waals surface area contributed by atoms with Crippen molar-refractivity contribution < 1.29 is 9.84 Å². The summed E-state index contributed by atoms with van der Waals surface area (Å²) in [6, 6.07) is 0. The van der Waals surface area contributed by atoms with Crippen molar-refractivity contribution in [1.29, 1.82) is 0 Å². The molecule has 0 saturated carbocycles. The van der Waals surface area contributed by atoms with Crippen LogP contribution in [0.5, 0.6) is 0 Å². The molecule has 3 heteroatoms. The minimum absolute atomic E-state index is 0.441. The SMILES string of the molecule is CC1(O)CCCN(CC2CCCCO2)CC1. The second-order valence-electron chi connectivity index (χ2n) is 5.64. The van der Waals surface area contributed by atoms with Gasteiger partial charge in [-0.15, -0.1) is 0 Å². The molecule has 2 saturated heterocycles. The maximum absolute atomic E-state index is 10.0. The van der Waals surface area contributed by atoms with Crippen molar-refractivity contribution in [1.82, 2.24) is 4.90 Å². The lowest BCUT2D eigenvalue weighted by atomic mass is 9.98. The van der Waals surface area contributed by atoms with Gasteiger partial charge in [-0.05, 0) is 52.0 Å². The molecule has 0 radical (unpaired) electrons. The smallest absolute Gasteiger partial charge is 0.0702 e. The molecular formula is C13H25NO2. The van der Waals surface area contributed by atoms with E-state index < -0.39 is 5.60 Å². The van der Waals surface area contributed by atoms with Gasteiger partial charge >= 0.3 is 0 Å². The molecule has 2 rings (SSSR count). The molecule has 16 heavy (non-hydrogen) atoms. The lowest BCUT2D eigenvalue weighted by Crippen LogP contribution is -2.37. The Hall–Kier alpha value is -0.120. The summed E-state index contributed by atoms with van der Waals surface area (Å²) < 4.78 is 5.77. The van der Waals surface area contributed by atoms with Crippen molar-refractivity contribution in [2.24, 2.45) is 0 Å². The molecular weight excluding hydrogens is 202 g/mol. The van der Waals surface area contributed by atoms with Crippen LogP contribution in [-0.4, -0.2) is 48.0 Å². The zero-order valence-corrected chi connectivity index (χ0v) is 10.5. The number of nitrogens with zero attached hydrogens (tertiary/aromatic N) is 1. The molecule has 2 aliphatic rings. The van der Waals surface area contributed by atoms with Crippen LogP contribution in [0.25, 0.3) is 0 Å². The number of aliphatic hydroxyl groups is 1. The van der Waals surface area contributed by atoms with Gasteiger partial charge in [0.2, 0.25) is 0 Å². The maximum Gasteiger partial charge on any atom is 0.0702 e. The predicted octanol–water partition coefficient (Wildman–Crippen LogP) is 1.79. The Morgan fingerprint density at radius 3 is 2.88 bits per heavy atom. The van der Waals surface area contributed by atoms with Crippen LogP contribution in [-0.2, 0) is 4.74 Å². The highest BCUT2D eigenvalue weighted by Gasteiger charge is 2.26. The van der Waals surface area contributed by atoms with Crippen molar-refractivity contribution in [3.8, 4) is 0 Å². The van der Waals surface area contributed by atoms with Gasteiger partial charge in [-0.2, -0.15) is 0 Å². The van der Waals surface area contributed by atoms with Gasteiger partial charge in [-0.1, -0.05) is 0 Å². The Kier molecular flexibility index (Phi) is 4.22. The van der Waals surface area contributed by atoms with Gasteiger partial charge in [-0.25, -0.2) is 0 Å². The van der Waals surface area contributed by atoms with Gasteiger partial charge in [0.15, 0.2) is 0 Å². The van der Waals surface area contributed by atoms with Crippen LogP contribution in [0.2, 0.25) is 0 Å². The van der Waals surface area contributed by atoms with Gasteiger partial charge in [-0.3, -0.25) is 0 Å². The fourth-order valence-electron chi connectivity index (χ4n) is 2.74. The highest BCUT2D eigenvalue weighted by molar-refractivity contribution is 4.80. The molecule has 2 unspecified atom stereocenters. The largest absolute Gasteiger partial charge is 0.390 e. The summed E-state index contributed by atoms with van der Waals surface area (Å²) in [5, 5.41) is 10.0. The van der Waals surface area contributed by atoms with Crippen molar-refractivity contribution in [3.63, 3.8) is 0 Å².